The summed E-state index contributed by atoms with van der Waals surface area (Å²) in [4.78, 5) is 20.6. The molecular weight excluding hydrogens is 392 g/mol. The lowest BCUT2D eigenvalue weighted by molar-refractivity contribution is 0.169. The SMILES string of the molecule is CCCC(c1nc2ccc(Br)cc2c(=O)n1CC)N1CCNC[C@@H](C)C1. The highest BCUT2D eigenvalue weighted by molar-refractivity contribution is 9.10. The first-order valence-corrected chi connectivity index (χ1v) is 10.5. The maximum atomic E-state index is 13.1. The Labute approximate surface area is 163 Å². The molecule has 1 aromatic carbocycles. The molecule has 1 aliphatic rings. The lowest BCUT2D eigenvalue weighted by Crippen LogP contribution is -2.38. The van der Waals surface area contributed by atoms with E-state index >= 15 is 0 Å². The lowest BCUT2D eigenvalue weighted by Gasteiger charge is -2.32. The van der Waals surface area contributed by atoms with Crippen molar-refractivity contribution in [1.29, 1.82) is 0 Å². The zero-order valence-electron chi connectivity index (χ0n) is 16.0. The molecule has 5 nitrogen and oxygen atoms in total. The maximum absolute atomic E-state index is 13.1. The molecule has 142 valence electrons. The number of hydrogen-bond acceptors (Lipinski definition) is 4. The van der Waals surface area contributed by atoms with Gasteiger partial charge >= 0.3 is 0 Å². The molecule has 0 radical (unpaired) electrons. The predicted molar refractivity (Wildman–Crippen MR) is 111 cm³/mol. The Morgan fingerprint density at radius 2 is 2.19 bits per heavy atom. The first-order chi connectivity index (χ1) is 12.5. The molecular formula is C20H29BrN4O. The van der Waals surface area contributed by atoms with E-state index in [1.807, 2.05) is 29.7 Å². The second-order valence-corrected chi connectivity index (χ2v) is 8.21. The summed E-state index contributed by atoms with van der Waals surface area (Å²) in [6.45, 7) is 11.2. The fourth-order valence-corrected chi connectivity index (χ4v) is 4.29. The molecule has 1 aromatic heterocycles. The molecule has 2 aromatic rings. The highest BCUT2D eigenvalue weighted by Crippen LogP contribution is 2.27. The third-order valence-electron chi connectivity index (χ3n) is 5.18. The van der Waals surface area contributed by atoms with E-state index in [4.69, 9.17) is 4.98 Å². The quantitative estimate of drug-likeness (QED) is 0.802. The molecule has 3 rings (SSSR count). The zero-order chi connectivity index (χ0) is 18.7. The summed E-state index contributed by atoms with van der Waals surface area (Å²) in [6, 6.07) is 5.97. The van der Waals surface area contributed by atoms with Crippen molar-refractivity contribution in [1.82, 2.24) is 19.8 Å². The van der Waals surface area contributed by atoms with Gasteiger partial charge in [-0.3, -0.25) is 14.3 Å². The highest BCUT2D eigenvalue weighted by atomic mass is 79.9. The van der Waals surface area contributed by atoms with Crippen molar-refractivity contribution < 1.29 is 0 Å². The van der Waals surface area contributed by atoms with Crippen molar-refractivity contribution in [2.75, 3.05) is 26.2 Å². The van der Waals surface area contributed by atoms with Gasteiger partial charge in [-0.25, -0.2) is 4.98 Å². The summed E-state index contributed by atoms with van der Waals surface area (Å²) >= 11 is 3.47. The van der Waals surface area contributed by atoms with Crippen LogP contribution in [0.25, 0.3) is 10.9 Å². The standard InChI is InChI=1S/C20H29BrN4O/c1-4-6-18(24-10-9-22-12-14(3)13-24)19-23-17-8-7-15(21)11-16(17)20(26)25(19)5-2/h7-8,11,14,18,22H,4-6,9-10,12-13H2,1-3H3/t14-,18?/m1/s1. The molecule has 2 atom stereocenters. The van der Waals surface area contributed by atoms with E-state index in [2.05, 4.69) is 40.0 Å². The van der Waals surface area contributed by atoms with Gasteiger partial charge in [-0.1, -0.05) is 36.2 Å². The molecule has 0 aliphatic carbocycles. The van der Waals surface area contributed by atoms with Crippen molar-refractivity contribution in [3.05, 3.63) is 38.9 Å². The van der Waals surface area contributed by atoms with Crippen LogP contribution in [-0.4, -0.2) is 40.6 Å². The molecule has 1 unspecified atom stereocenters. The van der Waals surface area contributed by atoms with Crippen LogP contribution < -0.4 is 10.9 Å². The highest BCUT2D eigenvalue weighted by Gasteiger charge is 2.27. The lowest BCUT2D eigenvalue weighted by atomic mass is 10.1. The monoisotopic (exact) mass is 420 g/mol. The van der Waals surface area contributed by atoms with Gasteiger partial charge in [0.05, 0.1) is 16.9 Å². The number of rotatable bonds is 5. The average Bonchev–Trinajstić information content (AvgIpc) is 2.84. The summed E-state index contributed by atoms with van der Waals surface area (Å²) in [5.41, 5.74) is 0.857. The minimum absolute atomic E-state index is 0.0656. The van der Waals surface area contributed by atoms with E-state index in [-0.39, 0.29) is 11.6 Å². The molecule has 2 heterocycles. The van der Waals surface area contributed by atoms with Crippen molar-refractivity contribution >= 4 is 26.8 Å². The fourth-order valence-electron chi connectivity index (χ4n) is 3.93. The number of aromatic nitrogens is 2. The van der Waals surface area contributed by atoms with E-state index in [1.54, 1.807) is 0 Å². The van der Waals surface area contributed by atoms with Crippen LogP contribution in [0.15, 0.2) is 27.5 Å². The zero-order valence-corrected chi connectivity index (χ0v) is 17.6. The smallest absolute Gasteiger partial charge is 0.261 e. The van der Waals surface area contributed by atoms with Gasteiger partial charge in [-0.15, -0.1) is 0 Å². The Kier molecular flexibility index (Phi) is 6.48. The predicted octanol–water partition coefficient (Wildman–Crippen LogP) is 3.56. The van der Waals surface area contributed by atoms with Gasteiger partial charge in [0.25, 0.3) is 5.56 Å². The molecule has 1 fully saturated rings. The van der Waals surface area contributed by atoms with Crippen molar-refractivity contribution in [3.63, 3.8) is 0 Å². The molecule has 26 heavy (non-hydrogen) atoms. The summed E-state index contributed by atoms with van der Waals surface area (Å²) in [5.74, 6) is 1.51. The average molecular weight is 421 g/mol. The Morgan fingerprint density at radius 3 is 2.92 bits per heavy atom. The minimum Gasteiger partial charge on any atom is -0.315 e. The Bertz CT molecular complexity index is 819. The van der Waals surface area contributed by atoms with Crippen LogP contribution in [0.5, 0.6) is 0 Å². The van der Waals surface area contributed by atoms with Gasteiger partial charge in [-0.2, -0.15) is 0 Å². The van der Waals surface area contributed by atoms with Gasteiger partial charge in [0.2, 0.25) is 0 Å². The van der Waals surface area contributed by atoms with E-state index in [9.17, 15) is 4.79 Å². The first-order valence-electron chi connectivity index (χ1n) is 9.69. The maximum Gasteiger partial charge on any atom is 0.261 e. The summed E-state index contributed by atoms with van der Waals surface area (Å²) in [7, 11) is 0. The van der Waals surface area contributed by atoms with Crippen LogP contribution in [0.3, 0.4) is 0 Å². The second kappa shape index (κ2) is 8.63. The topological polar surface area (TPSA) is 50.2 Å². The number of halogens is 1. The Morgan fingerprint density at radius 1 is 1.38 bits per heavy atom. The second-order valence-electron chi connectivity index (χ2n) is 7.29. The normalized spacial score (nSPS) is 20.2. The van der Waals surface area contributed by atoms with Crippen molar-refractivity contribution in [2.24, 2.45) is 5.92 Å². The van der Waals surface area contributed by atoms with Gasteiger partial charge in [-0.05, 0) is 44.0 Å². The Hall–Kier alpha value is -1.24. The van der Waals surface area contributed by atoms with Gasteiger partial charge in [0.15, 0.2) is 0 Å². The van der Waals surface area contributed by atoms with E-state index in [0.717, 1.165) is 54.8 Å². The number of hydrogen-bond donors (Lipinski definition) is 1. The van der Waals surface area contributed by atoms with Crippen molar-refractivity contribution in [3.8, 4) is 0 Å². The van der Waals surface area contributed by atoms with Crippen LogP contribution in [0, 0.1) is 5.92 Å². The van der Waals surface area contributed by atoms with Crippen LogP contribution >= 0.6 is 15.9 Å². The number of nitrogens with zero attached hydrogens (tertiary/aromatic N) is 3. The van der Waals surface area contributed by atoms with E-state index in [1.165, 1.54) is 0 Å². The van der Waals surface area contributed by atoms with Crippen LogP contribution in [-0.2, 0) is 6.54 Å². The number of benzene rings is 1. The van der Waals surface area contributed by atoms with Crippen LogP contribution in [0.4, 0.5) is 0 Å². The summed E-state index contributed by atoms with van der Waals surface area (Å²) < 4.78 is 2.79. The molecule has 1 aliphatic heterocycles. The van der Waals surface area contributed by atoms with Crippen LogP contribution in [0.2, 0.25) is 0 Å². The Balaban J connectivity index is 2.12. The molecule has 0 saturated carbocycles. The molecule has 1 saturated heterocycles. The molecule has 0 bridgehead atoms. The largest absolute Gasteiger partial charge is 0.315 e. The molecule has 1 N–H and O–H groups in total. The summed E-state index contributed by atoms with van der Waals surface area (Å²) in [5, 5.41) is 4.20. The van der Waals surface area contributed by atoms with E-state index < -0.39 is 0 Å². The summed E-state index contributed by atoms with van der Waals surface area (Å²) in [6.07, 6.45) is 2.09. The van der Waals surface area contributed by atoms with E-state index in [0.29, 0.717) is 17.8 Å². The minimum atomic E-state index is 0.0656. The van der Waals surface area contributed by atoms with Gasteiger partial charge in [0.1, 0.15) is 5.82 Å². The third-order valence-corrected chi connectivity index (χ3v) is 5.67. The fraction of sp³-hybridized carbons (Fsp3) is 0.600. The number of nitrogens with one attached hydrogen (secondary N) is 1. The van der Waals surface area contributed by atoms with Gasteiger partial charge < -0.3 is 5.32 Å². The molecule has 6 heteroatoms. The molecule has 0 amide bonds. The van der Waals surface area contributed by atoms with Crippen molar-refractivity contribution in [2.45, 2.75) is 46.2 Å². The third kappa shape index (κ3) is 4.02. The van der Waals surface area contributed by atoms with Crippen LogP contribution in [0.1, 0.15) is 45.5 Å². The first kappa shape index (κ1) is 19.5. The molecule has 0 spiro atoms. The number of fused-ring (bicyclic) bond motifs is 1. The van der Waals surface area contributed by atoms with Gasteiger partial charge in [0, 0.05) is 30.7 Å².